The minimum Gasteiger partial charge on any atom is -0.469 e. The lowest BCUT2D eigenvalue weighted by atomic mass is 9.41. The van der Waals surface area contributed by atoms with Gasteiger partial charge in [-0.25, -0.2) is 0 Å². The number of rotatable bonds is 1. The zero-order chi connectivity index (χ0) is 16.0. The predicted molar refractivity (Wildman–Crippen MR) is 67.8 cm³/mol. The Kier molecular flexibility index (Phi) is 2.31. The van der Waals surface area contributed by atoms with E-state index in [1.165, 1.54) is 7.11 Å². The van der Waals surface area contributed by atoms with Gasteiger partial charge in [0.15, 0.2) is 0 Å². The van der Waals surface area contributed by atoms with Gasteiger partial charge < -0.3 is 14.2 Å². The van der Waals surface area contributed by atoms with E-state index in [0.717, 1.165) is 0 Å². The third-order valence-electron chi connectivity index (χ3n) is 6.14. The number of esters is 4. The number of hydrogen-bond acceptors (Lipinski definition) is 7. The second kappa shape index (κ2) is 3.70. The maximum atomic E-state index is 12.3. The van der Waals surface area contributed by atoms with Crippen LogP contribution in [0.5, 0.6) is 0 Å². The fraction of sp³-hybridized carbons (Fsp3) is 0.733. The van der Waals surface area contributed by atoms with E-state index in [2.05, 4.69) is 0 Å². The van der Waals surface area contributed by atoms with Gasteiger partial charge >= 0.3 is 23.9 Å². The molecule has 7 nitrogen and oxygen atoms in total. The first-order chi connectivity index (χ1) is 10.2. The van der Waals surface area contributed by atoms with E-state index in [-0.39, 0.29) is 0 Å². The monoisotopic (exact) mass is 308 g/mol. The van der Waals surface area contributed by atoms with Crippen LogP contribution in [-0.2, 0) is 33.4 Å². The van der Waals surface area contributed by atoms with Crippen molar-refractivity contribution in [2.24, 2.45) is 35.0 Å². The number of carbonyl (C=O) groups excluding carboxylic acids is 4. The van der Waals surface area contributed by atoms with Gasteiger partial charge in [0.1, 0.15) is 5.60 Å². The SMILES string of the molecule is COC(=O)C1C2C(=O)OC3(C)CC1(C)C1C(=O)OC(=O)C1C23. The summed E-state index contributed by atoms with van der Waals surface area (Å²) in [7, 11) is 1.25. The first-order valence-corrected chi connectivity index (χ1v) is 7.31. The lowest BCUT2D eigenvalue weighted by Crippen LogP contribution is -2.66. The van der Waals surface area contributed by atoms with Crippen LogP contribution in [0.1, 0.15) is 20.3 Å². The van der Waals surface area contributed by atoms with Gasteiger partial charge in [-0.2, -0.15) is 0 Å². The van der Waals surface area contributed by atoms with Crippen molar-refractivity contribution in [3.63, 3.8) is 0 Å². The molecule has 2 saturated heterocycles. The zero-order valence-corrected chi connectivity index (χ0v) is 12.5. The van der Waals surface area contributed by atoms with Gasteiger partial charge in [-0.1, -0.05) is 6.92 Å². The molecule has 2 heterocycles. The summed E-state index contributed by atoms with van der Waals surface area (Å²) in [5.74, 6) is -5.73. The second-order valence-electron chi connectivity index (χ2n) is 7.21. The molecule has 0 aromatic rings. The Labute approximate surface area is 126 Å². The van der Waals surface area contributed by atoms with Crippen LogP contribution in [0.15, 0.2) is 0 Å². The highest BCUT2D eigenvalue weighted by molar-refractivity contribution is 6.00. The lowest BCUT2D eigenvalue weighted by Gasteiger charge is -2.57. The molecule has 2 aliphatic heterocycles. The van der Waals surface area contributed by atoms with Gasteiger partial charge in [0.2, 0.25) is 0 Å². The maximum absolute atomic E-state index is 12.3. The highest BCUT2D eigenvalue weighted by atomic mass is 16.6. The van der Waals surface area contributed by atoms with E-state index >= 15 is 0 Å². The van der Waals surface area contributed by atoms with Crippen molar-refractivity contribution in [2.45, 2.75) is 25.9 Å². The van der Waals surface area contributed by atoms with E-state index < -0.39 is 64.5 Å². The van der Waals surface area contributed by atoms with Gasteiger partial charge in [0, 0.05) is 5.92 Å². The molecular formula is C15H16O7. The topological polar surface area (TPSA) is 96.0 Å². The molecule has 22 heavy (non-hydrogen) atoms. The minimum atomic E-state index is -0.888. The number of hydrogen-bond donors (Lipinski definition) is 0. The summed E-state index contributed by atoms with van der Waals surface area (Å²) in [5.41, 5.74) is -1.73. The summed E-state index contributed by atoms with van der Waals surface area (Å²) in [6.07, 6.45) is 0.343. The molecule has 7 atom stereocenters. The van der Waals surface area contributed by atoms with E-state index in [4.69, 9.17) is 14.2 Å². The summed E-state index contributed by atoms with van der Waals surface area (Å²) in [6, 6.07) is 0. The molecule has 0 amide bonds. The molecule has 7 heteroatoms. The van der Waals surface area contributed by atoms with Crippen molar-refractivity contribution < 1.29 is 33.4 Å². The van der Waals surface area contributed by atoms with Crippen molar-refractivity contribution >= 4 is 23.9 Å². The minimum absolute atomic E-state index is 0.343. The Hall–Kier alpha value is -1.92. The third-order valence-corrected chi connectivity index (χ3v) is 6.14. The summed E-state index contributed by atoms with van der Waals surface area (Å²) < 4.78 is 15.2. The van der Waals surface area contributed by atoms with Gasteiger partial charge in [-0.05, 0) is 18.8 Å². The first kappa shape index (κ1) is 13.7. The van der Waals surface area contributed by atoms with Crippen LogP contribution in [0.2, 0.25) is 0 Å². The largest absolute Gasteiger partial charge is 0.469 e. The number of methoxy groups -OCH3 is 1. The zero-order valence-electron chi connectivity index (χ0n) is 12.5. The Balaban J connectivity index is 1.94. The molecule has 5 rings (SSSR count). The summed E-state index contributed by atoms with van der Waals surface area (Å²) >= 11 is 0. The van der Waals surface area contributed by atoms with Crippen molar-refractivity contribution in [2.75, 3.05) is 7.11 Å². The highest BCUT2D eigenvalue weighted by Gasteiger charge is 2.80. The number of carbonyl (C=O) groups is 4. The number of cyclic esters (lactones) is 2. The fourth-order valence-corrected chi connectivity index (χ4v) is 5.66. The normalized spacial score (nSPS) is 51.4. The summed E-state index contributed by atoms with van der Waals surface area (Å²) in [6.45, 7) is 3.53. The molecule has 3 aliphatic carbocycles. The quantitative estimate of drug-likeness (QED) is 0.384. The average molecular weight is 308 g/mol. The van der Waals surface area contributed by atoms with E-state index in [0.29, 0.717) is 6.42 Å². The molecule has 0 spiro atoms. The molecule has 7 unspecified atom stereocenters. The van der Waals surface area contributed by atoms with E-state index in [9.17, 15) is 19.2 Å². The third kappa shape index (κ3) is 1.25. The molecule has 0 N–H and O–H groups in total. The maximum Gasteiger partial charge on any atom is 0.318 e. The van der Waals surface area contributed by atoms with Gasteiger partial charge in [0.05, 0.1) is 30.8 Å². The molecule has 118 valence electrons. The summed E-state index contributed by atoms with van der Waals surface area (Å²) in [5, 5.41) is 0. The van der Waals surface area contributed by atoms with Crippen LogP contribution in [0.3, 0.4) is 0 Å². The van der Waals surface area contributed by atoms with Crippen molar-refractivity contribution in [3.05, 3.63) is 0 Å². The Morgan fingerprint density at radius 1 is 1.14 bits per heavy atom. The molecular weight excluding hydrogens is 292 g/mol. The molecule has 0 aromatic heterocycles. The lowest BCUT2D eigenvalue weighted by molar-refractivity contribution is -0.195. The summed E-state index contributed by atoms with van der Waals surface area (Å²) in [4.78, 5) is 49.0. The standard InChI is InChI=1S/C15H16O7/c1-14-4-15(2)7(5-9(14)13(19)21-10(5)16)6(11(17)22-15)8(14)12(18)20-3/h5-9H,4H2,1-3H3. The molecule has 3 saturated carbocycles. The van der Waals surface area contributed by atoms with Gasteiger partial charge in [-0.15, -0.1) is 0 Å². The van der Waals surface area contributed by atoms with Crippen molar-refractivity contribution in [3.8, 4) is 0 Å². The van der Waals surface area contributed by atoms with Crippen LogP contribution < -0.4 is 0 Å². The highest BCUT2D eigenvalue weighted by Crippen LogP contribution is 2.70. The second-order valence-corrected chi connectivity index (χ2v) is 7.21. The Bertz CT molecular complexity index is 638. The van der Waals surface area contributed by atoms with Crippen LogP contribution in [0, 0.1) is 35.0 Å². The fourth-order valence-electron chi connectivity index (χ4n) is 5.66. The van der Waals surface area contributed by atoms with Gasteiger partial charge in [0.25, 0.3) is 0 Å². The van der Waals surface area contributed by atoms with Crippen LogP contribution >= 0.6 is 0 Å². The van der Waals surface area contributed by atoms with E-state index in [1.807, 2.05) is 0 Å². The molecule has 4 bridgehead atoms. The molecule has 5 aliphatic rings. The first-order valence-electron chi connectivity index (χ1n) is 7.31. The Morgan fingerprint density at radius 2 is 1.82 bits per heavy atom. The molecule has 0 radical (unpaired) electrons. The smallest absolute Gasteiger partial charge is 0.318 e. The average Bonchev–Trinajstić information content (AvgIpc) is 2.82. The van der Waals surface area contributed by atoms with Crippen LogP contribution in [-0.4, -0.2) is 36.6 Å². The van der Waals surface area contributed by atoms with Gasteiger partial charge in [-0.3, -0.25) is 19.2 Å². The molecule has 0 aromatic carbocycles. The van der Waals surface area contributed by atoms with Crippen molar-refractivity contribution in [1.82, 2.24) is 0 Å². The van der Waals surface area contributed by atoms with E-state index in [1.54, 1.807) is 13.8 Å². The van der Waals surface area contributed by atoms with Crippen LogP contribution in [0.4, 0.5) is 0 Å². The van der Waals surface area contributed by atoms with Crippen LogP contribution in [0.25, 0.3) is 0 Å². The van der Waals surface area contributed by atoms with Crippen molar-refractivity contribution in [1.29, 1.82) is 0 Å². The number of ether oxygens (including phenoxy) is 3. The Morgan fingerprint density at radius 3 is 2.45 bits per heavy atom. The predicted octanol–water partition coefficient (Wildman–Crippen LogP) is 0.0629. The molecule has 5 fully saturated rings.